The summed E-state index contributed by atoms with van der Waals surface area (Å²) in [6, 6.07) is 0. The van der Waals surface area contributed by atoms with Crippen molar-refractivity contribution in [1.29, 1.82) is 0 Å². The van der Waals surface area contributed by atoms with Gasteiger partial charge in [-0.1, -0.05) is 0 Å². The van der Waals surface area contributed by atoms with Crippen LogP contribution in [-0.4, -0.2) is 24.0 Å². The second-order valence-electron chi connectivity index (χ2n) is 2.63. The molecular formula is C8H13N3OS. The summed E-state index contributed by atoms with van der Waals surface area (Å²) in [5, 5.41) is 4.50. The molecule has 4 nitrogen and oxygen atoms in total. The zero-order chi connectivity index (χ0) is 9.52. The normalized spacial score (nSPS) is 9.92. The van der Waals surface area contributed by atoms with Gasteiger partial charge in [-0.3, -0.25) is 4.79 Å². The van der Waals surface area contributed by atoms with E-state index >= 15 is 0 Å². The lowest BCUT2D eigenvalue weighted by atomic mass is 10.3. The number of hydrogen-bond acceptors (Lipinski definition) is 4. The fraction of sp³-hybridized carbons (Fsp3) is 0.500. The fourth-order valence-corrected chi connectivity index (χ4v) is 1.42. The molecule has 0 fully saturated rings. The molecule has 1 heterocycles. The summed E-state index contributed by atoms with van der Waals surface area (Å²) < 4.78 is 0. The van der Waals surface area contributed by atoms with Crippen LogP contribution in [0.5, 0.6) is 0 Å². The maximum Gasteiger partial charge on any atom is 0.270 e. The summed E-state index contributed by atoms with van der Waals surface area (Å²) >= 11 is 1.42. The summed E-state index contributed by atoms with van der Waals surface area (Å²) in [7, 11) is 0. The Bertz CT molecular complexity index is 248. The van der Waals surface area contributed by atoms with Gasteiger partial charge in [0.2, 0.25) is 0 Å². The molecule has 0 unspecified atom stereocenters. The summed E-state index contributed by atoms with van der Waals surface area (Å²) in [5.74, 6) is -0.0988. The Morgan fingerprint density at radius 3 is 3.08 bits per heavy atom. The van der Waals surface area contributed by atoms with Crippen molar-refractivity contribution in [2.75, 3.05) is 13.1 Å². The number of nitrogens with one attached hydrogen (secondary N) is 1. The number of nitrogens with two attached hydrogens (primary N) is 1. The van der Waals surface area contributed by atoms with E-state index in [9.17, 15) is 4.79 Å². The number of carbonyl (C=O) groups excluding carboxylic acids is 1. The van der Waals surface area contributed by atoms with Crippen molar-refractivity contribution in [1.82, 2.24) is 10.3 Å². The minimum absolute atomic E-state index is 0.0988. The molecule has 3 N–H and O–H groups in total. The Kier molecular flexibility index (Phi) is 4.42. The van der Waals surface area contributed by atoms with Crippen molar-refractivity contribution in [3.8, 4) is 0 Å². The molecule has 0 aliphatic heterocycles. The SMILES string of the molecule is NCCCCNC(=O)c1cscn1. The standard InChI is InChI=1S/C8H13N3OS/c9-3-1-2-4-10-8(12)7-5-13-6-11-7/h5-6H,1-4,9H2,(H,10,12). The molecule has 1 aromatic rings. The quantitative estimate of drug-likeness (QED) is 0.683. The van der Waals surface area contributed by atoms with Gasteiger partial charge in [0.25, 0.3) is 5.91 Å². The first kappa shape index (κ1) is 10.1. The van der Waals surface area contributed by atoms with Crippen molar-refractivity contribution in [2.45, 2.75) is 12.8 Å². The van der Waals surface area contributed by atoms with E-state index in [2.05, 4.69) is 10.3 Å². The molecule has 13 heavy (non-hydrogen) atoms. The highest BCUT2D eigenvalue weighted by Crippen LogP contribution is 1.99. The number of carbonyl (C=O) groups is 1. The van der Waals surface area contributed by atoms with E-state index in [0.29, 0.717) is 18.8 Å². The number of amides is 1. The van der Waals surface area contributed by atoms with Crippen LogP contribution in [0.1, 0.15) is 23.3 Å². The molecule has 1 rings (SSSR count). The van der Waals surface area contributed by atoms with Gasteiger partial charge < -0.3 is 11.1 Å². The molecule has 0 radical (unpaired) electrons. The average molecular weight is 199 g/mol. The van der Waals surface area contributed by atoms with Gasteiger partial charge in [0.15, 0.2) is 0 Å². The molecule has 0 aliphatic carbocycles. The Hall–Kier alpha value is -0.940. The van der Waals surface area contributed by atoms with E-state index in [1.807, 2.05) is 0 Å². The maximum absolute atomic E-state index is 11.3. The maximum atomic E-state index is 11.3. The molecule has 1 amide bonds. The summed E-state index contributed by atoms with van der Waals surface area (Å²) in [6.07, 6.45) is 1.86. The van der Waals surface area contributed by atoms with Gasteiger partial charge in [-0.05, 0) is 19.4 Å². The second-order valence-corrected chi connectivity index (χ2v) is 3.34. The predicted octanol–water partition coefficient (Wildman–Crippen LogP) is 0.612. The first-order valence-electron chi connectivity index (χ1n) is 4.21. The minimum atomic E-state index is -0.0988. The van der Waals surface area contributed by atoms with Gasteiger partial charge in [-0.2, -0.15) is 0 Å². The van der Waals surface area contributed by atoms with Crippen LogP contribution in [0.15, 0.2) is 10.9 Å². The second kappa shape index (κ2) is 5.66. The molecule has 0 spiro atoms. The van der Waals surface area contributed by atoms with Gasteiger partial charge in [0, 0.05) is 11.9 Å². The van der Waals surface area contributed by atoms with E-state index in [1.54, 1.807) is 10.9 Å². The lowest BCUT2D eigenvalue weighted by Gasteiger charge is -2.01. The van der Waals surface area contributed by atoms with E-state index in [1.165, 1.54) is 11.3 Å². The number of unbranched alkanes of at least 4 members (excludes halogenated alkanes) is 1. The van der Waals surface area contributed by atoms with Crippen LogP contribution in [0.25, 0.3) is 0 Å². The molecular weight excluding hydrogens is 186 g/mol. The van der Waals surface area contributed by atoms with Crippen LogP contribution in [0.2, 0.25) is 0 Å². The van der Waals surface area contributed by atoms with Crippen LogP contribution >= 0.6 is 11.3 Å². The number of hydrogen-bond donors (Lipinski definition) is 2. The van der Waals surface area contributed by atoms with Gasteiger partial charge in [-0.15, -0.1) is 11.3 Å². The van der Waals surface area contributed by atoms with E-state index in [4.69, 9.17) is 5.73 Å². The average Bonchev–Trinajstić information content (AvgIpc) is 2.65. The van der Waals surface area contributed by atoms with Crippen molar-refractivity contribution in [2.24, 2.45) is 5.73 Å². The van der Waals surface area contributed by atoms with E-state index in [0.717, 1.165) is 12.8 Å². The Balaban J connectivity index is 2.19. The molecule has 0 aliphatic rings. The molecule has 0 bridgehead atoms. The topological polar surface area (TPSA) is 68.0 Å². The minimum Gasteiger partial charge on any atom is -0.351 e. The molecule has 0 saturated heterocycles. The van der Waals surface area contributed by atoms with Crippen LogP contribution in [0.4, 0.5) is 0 Å². The van der Waals surface area contributed by atoms with Crippen molar-refractivity contribution >= 4 is 17.2 Å². The largest absolute Gasteiger partial charge is 0.351 e. The predicted molar refractivity (Wildman–Crippen MR) is 52.7 cm³/mol. The molecule has 0 aromatic carbocycles. The lowest BCUT2D eigenvalue weighted by Crippen LogP contribution is -2.25. The third-order valence-electron chi connectivity index (χ3n) is 1.58. The zero-order valence-corrected chi connectivity index (χ0v) is 8.14. The number of thiazole rings is 1. The van der Waals surface area contributed by atoms with Crippen LogP contribution in [0.3, 0.4) is 0 Å². The zero-order valence-electron chi connectivity index (χ0n) is 7.32. The third-order valence-corrected chi connectivity index (χ3v) is 2.17. The highest BCUT2D eigenvalue weighted by molar-refractivity contribution is 7.07. The van der Waals surface area contributed by atoms with E-state index < -0.39 is 0 Å². The molecule has 0 atom stereocenters. The van der Waals surface area contributed by atoms with Crippen LogP contribution in [-0.2, 0) is 0 Å². The molecule has 72 valence electrons. The van der Waals surface area contributed by atoms with E-state index in [-0.39, 0.29) is 5.91 Å². The monoisotopic (exact) mass is 199 g/mol. The Morgan fingerprint density at radius 2 is 2.46 bits per heavy atom. The first-order valence-corrected chi connectivity index (χ1v) is 5.15. The summed E-state index contributed by atoms with van der Waals surface area (Å²) in [6.45, 7) is 1.35. The highest BCUT2D eigenvalue weighted by atomic mass is 32.1. The van der Waals surface area contributed by atoms with Gasteiger partial charge in [-0.25, -0.2) is 4.98 Å². The lowest BCUT2D eigenvalue weighted by molar-refractivity contribution is 0.0949. The van der Waals surface area contributed by atoms with Gasteiger partial charge in [0.1, 0.15) is 5.69 Å². The third kappa shape index (κ3) is 3.52. The first-order chi connectivity index (χ1) is 6.34. The number of nitrogens with zero attached hydrogens (tertiary/aromatic N) is 1. The Morgan fingerprint density at radius 1 is 1.62 bits per heavy atom. The van der Waals surface area contributed by atoms with Crippen LogP contribution < -0.4 is 11.1 Å². The highest BCUT2D eigenvalue weighted by Gasteiger charge is 2.05. The smallest absolute Gasteiger partial charge is 0.270 e. The van der Waals surface area contributed by atoms with Crippen LogP contribution in [0, 0.1) is 0 Å². The summed E-state index contributed by atoms with van der Waals surface area (Å²) in [5.41, 5.74) is 7.46. The van der Waals surface area contributed by atoms with Crippen molar-refractivity contribution in [3.63, 3.8) is 0 Å². The number of aromatic nitrogens is 1. The molecule has 0 saturated carbocycles. The molecule has 1 aromatic heterocycles. The van der Waals surface area contributed by atoms with Gasteiger partial charge in [0.05, 0.1) is 5.51 Å². The van der Waals surface area contributed by atoms with Gasteiger partial charge >= 0.3 is 0 Å². The van der Waals surface area contributed by atoms with Crippen molar-refractivity contribution < 1.29 is 4.79 Å². The number of rotatable bonds is 5. The fourth-order valence-electron chi connectivity index (χ4n) is 0.886. The van der Waals surface area contributed by atoms with Crippen molar-refractivity contribution in [3.05, 3.63) is 16.6 Å². The Labute approximate surface area is 81.2 Å². The molecule has 5 heteroatoms. The summed E-state index contributed by atoms with van der Waals surface area (Å²) in [4.78, 5) is 15.2.